The molecule has 2 aromatic carbocycles. The number of hydrogen-bond donors (Lipinski definition) is 2. The van der Waals surface area contributed by atoms with Gasteiger partial charge in [-0.3, -0.25) is 19.7 Å². The zero-order chi connectivity index (χ0) is 23.4. The van der Waals surface area contributed by atoms with E-state index in [0.717, 1.165) is 25.3 Å². The van der Waals surface area contributed by atoms with Crippen molar-refractivity contribution in [3.63, 3.8) is 0 Å². The van der Waals surface area contributed by atoms with Gasteiger partial charge < -0.3 is 0 Å². The van der Waals surface area contributed by atoms with Crippen molar-refractivity contribution < 1.29 is 13.2 Å². The molecule has 174 valence electrons. The average molecular weight is 485 g/mol. The molecule has 0 unspecified atom stereocenters. The molecule has 2 heterocycles. The van der Waals surface area contributed by atoms with Crippen LogP contribution in [0.25, 0.3) is 0 Å². The highest BCUT2D eigenvalue weighted by Crippen LogP contribution is 2.24. The van der Waals surface area contributed by atoms with E-state index in [1.807, 2.05) is 11.4 Å². The lowest BCUT2D eigenvalue weighted by atomic mass is 9.92. The molecule has 3 aromatic rings. The van der Waals surface area contributed by atoms with Gasteiger partial charge in [-0.1, -0.05) is 32.0 Å². The van der Waals surface area contributed by atoms with E-state index < -0.39 is 10.0 Å². The number of para-hydroxylation sites is 1. The Morgan fingerprint density at radius 2 is 1.73 bits per heavy atom. The molecule has 1 saturated heterocycles. The maximum atomic E-state index is 12.6. The van der Waals surface area contributed by atoms with Gasteiger partial charge in [-0.05, 0) is 54.7 Å². The monoisotopic (exact) mass is 484 g/mol. The van der Waals surface area contributed by atoms with E-state index in [9.17, 15) is 13.2 Å². The Morgan fingerprint density at radius 3 is 2.39 bits per heavy atom. The van der Waals surface area contributed by atoms with Crippen LogP contribution in [0.4, 0.5) is 10.8 Å². The fourth-order valence-corrected chi connectivity index (χ4v) is 6.02. The summed E-state index contributed by atoms with van der Waals surface area (Å²) in [6.45, 7) is 7.48. The van der Waals surface area contributed by atoms with Gasteiger partial charge in [0.05, 0.1) is 10.6 Å². The SMILES string of the molecule is C[C@@H]1C[C@H](C)CN(Cc2csc(NC(=O)c3ccc(S(=O)(=O)Nc4ccccc4)cc3)n2)C1. The van der Waals surface area contributed by atoms with Gasteiger partial charge in [-0.2, -0.15) is 0 Å². The summed E-state index contributed by atoms with van der Waals surface area (Å²) in [6, 6.07) is 14.5. The van der Waals surface area contributed by atoms with Gasteiger partial charge in [0.2, 0.25) is 0 Å². The van der Waals surface area contributed by atoms with Gasteiger partial charge in [0.1, 0.15) is 0 Å². The third kappa shape index (κ3) is 6.19. The van der Waals surface area contributed by atoms with Crippen molar-refractivity contribution >= 4 is 38.1 Å². The van der Waals surface area contributed by atoms with E-state index in [2.05, 4.69) is 33.8 Å². The van der Waals surface area contributed by atoms with E-state index >= 15 is 0 Å². The second-order valence-corrected chi connectivity index (χ2v) is 11.3. The van der Waals surface area contributed by atoms with Crippen molar-refractivity contribution in [2.45, 2.75) is 31.7 Å². The van der Waals surface area contributed by atoms with E-state index in [0.29, 0.717) is 28.2 Å². The standard InChI is InChI=1S/C24H28N4O3S2/c1-17-12-18(2)14-28(13-17)15-21-16-32-24(25-21)26-23(29)19-8-10-22(11-9-19)33(30,31)27-20-6-4-3-5-7-20/h3-11,16-18,27H,12-15H2,1-2H3,(H,25,26,29)/t17-,18+. The van der Waals surface area contributed by atoms with Crippen molar-refractivity contribution in [1.82, 2.24) is 9.88 Å². The summed E-state index contributed by atoms with van der Waals surface area (Å²) in [5, 5.41) is 5.33. The topological polar surface area (TPSA) is 91.4 Å². The summed E-state index contributed by atoms with van der Waals surface area (Å²) in [7, 11) is -3.73. The zero-order valence-corrected chi connectivity index (χ0v) is 20.3. The number of nitrogens with zero attached hydrogens (tertiary/aromatic N) is 2. The number of benzene rings is 2. The molecule has 1 amide bonds. The van der Waals surface area contributed by atoms with Crippen LogP contribution in [-0.4, -0.2) is 37.3 Å². The fraction of sp³-hybridized carbons (Fsp3) is 0.333. The molecule has 1 aromatic heterocycles. The average Bonchev–Trinajstić information content (AvgIpc) is 3.20. The summed E-state index contributed by atoms with van der Waals surface area (Å²) in [5.74, 6) is 1.04. The third-order valence-corrected chi connectivity index (χ3v) is 7.76. The number of sulfonamides is 1. The molecule has 33 heavy (non-hydrogen) atoms. The number of nitrogens with one attached hydrogen (secondary N) is 2. The number of aromatic nitrogens is 1. The number of amides is 1. The number of hydrogen-bond acceptors (Lipinski definition) is 6. The van der Waals surface area contributed by atoms with E-state index in [-0.39, 0.29) is 10.8 Å². The van der Waals surface area contributed by atoms with Gasteiger partial charge in [-0.25, -0.2) is 13.4 Å². The quantitative estimate of drug-likeness (QED) is 0.508. The van der Waals surface area contributed by atoms with E-state index in [1.165, 1.54) is 42.0 Å². The molecule has 0 spiro atoms. The Balaban J connectivity index is 1.36. The molecule has 0 aliphatic carbocycles. The van der Waals surface area contributed by atoms with Crippen molar-refractivity contribution in [2.24, 2.45) is 11.8 Å². The van der Waals surface area contributed by atoms with Crippen LogP contribution in [0, 0.1) is 11.8 Å². The zero-order valence-electron chi connectivity index (χ0n) is 18.7. The van der Waals surface area contributed by atoms with Crippen LogP contribution >= 0.6 is 11.3 Å². The Kier molecular flexibility index (Phi) is 7.11. The molecule has 0 saturated carbocycles. The van der Waals surface area contributed by atoms with Crippen LogP contribution < -0.4 is 10.0 Å². The molecule has 7 nitrogen and oxygen atoms in total. The van der Waals surface area contributed by atoms with Crippen LogP contribution in [0.5, 0.6) is 0 Å². The largest absolute Gasteiger partial charge is 0.298 e. The normalized spacial score (nSPS) is 19.2. The molecule has 1 fully saturated rings. The molecule has 0 radical (unpaired) electrons. The van der Waals surface area contributed by atoms with Gasteiger partial charge in [0.25, 0.3) is 15.9 Å². The second-order valence-electron chi connectivity index (χ2n) is 8.73. The van der Waals surface area contributed by atoms with Crippen molar-refractivity contribution in [1.29, 1.82) is 0 Å². The molecule has 2 atom stereocenters. The van der Waals surface area contributed by atoms with Crippen LogP contribution in [-0.2, 0) is 16.6 Å². The van der Waals surface area contributed by atoms with Gasteiger partial charge >= 0.3 is 0 Å². The first-order chi connectivity index (χ1) is 15.8. The lowest BCUT2D eigenvalue weighted by Crippen LogP contribution is -2.38. The number of thiazole rings is 1. The first kappa shape index (κ1) is 23.4. The molecule has 4 rings (SSSR count). The Labute approximate surface area is 198 Å². The number of anilines is 2. The highest BCUT2D eigenvalue weighted by Gasteiger charge is 2.22. The number of carbonyl (C=O) groups is 1. The lowest BCUT2D eigenvalue weighted by molar-refractivity contribution is 0.102. The Morgan fingerprint density at radius 1 is 1.06 bits per heavy atom. The lowest BCUT2D eigenvalue weighted by Gasteiger charge is -2.34. The second kappa shape index (κ2) is 10.0. The van der Waals surface area contributed by atoms with Crippen LogP contribution in [0.2, 0.25) is 0 Å². The molecule has 1 aliphatic heterocycles. The minimum absolute atomic E-state index is 0.0874. The molecular formula is C24H28N4O3S2. The van der Waals surface area contributed by atoms with Crippen LogP contribution in [0.15, 0.2) is 64.9 Å². The van der Waals surface area contributed by atoms with E-state index in [1.54, 1.807) is 24.3 Å². The first-order valence-electron chi connectivity index (χ1n) is 10.9. The summed E-state index contributed by atoms with van der Waals surface area (Å²) < 4.78 is 27.6. The number of piperidine rings is 1. The van der Waals surface area contributed by atoms with Gasteiger partial charge in [0, 0.05) is 36.3 Å². The number of carbonyl (C=O) groups excluding carboxylic acids is 1. The highest BCUT2D eigenvalue weighted by atomic mass is 32.2. The predicted octanol–water partition coefficient (Wildman–Crippen LogP) is 4.67. The highest BCUT2D eigenvalue weighted by molar-refractivity contribution is 7.92. The van der Waals surface area contributed by atoms with E-state index in [4.69, 9.17) is 0 Å². The summed E-state index contributed by atoms with van der Waals surface area (Å²) in [4.78, 5) is 19.7. The van der Waals surface area contributed by atoms with Crippen molar-refractivity contribution in [2.75, 3.05) is 23.1 Å². The summed E-state index contributed by atoms with van der Waals surface area (Å²) in [6.07, 6.45) is 1.26. The molecule has 9 heteroatoms. The van der Waals surface area contributed by atoms with Gasteiger partial charge in [0.15, 0.2) is 5.13 Å². The predicted molar refractivity (Wildman–Crippen MR) is 132 cm³/mol. The molecule has 2 N–H and O–H groups in total. The number of rotatable bonds is 7. The smallest absolute Gasteiger partial charge is 0.261 e. The Bertz CT molecular complexity index is 1180. The maximum absolute atomic E-state index is 12.6. The fourth-order valence-electron chi connectivity index (χ4n) is 4.26. The molecule has 1 aliphatic rings. The molecule has 0 bridgehead atoms. The van der Waals surface area contributed by atoms with Gasteiger partial charge in [-0.15, -0.1) is 11.3 Å². The van der Waals surface area contributed by atoms with Crippen LogP contribution in [0.3, 0.4) is 0 Å². The van der Waals surface area contributed by atoms with Crippen molar-refractivity contribution in [3.05, 3.63) is 71.2 Å². The maximum Gasteiger partial charge on any atom is 0.261 e. The minimum Gasteiger partial charge on any atom is -0.298 e. The van der Waals surface area contributed by atoms with Crippen LogP contribution in [0.1, 0.15) is 36.3 Å². The number of likely N-dealkylation sites (tertiary alicyclic amines) is 1. The summed E-state index contributed by atoms with van der Waals surface area (Å²) >= 11 is 1.40. The molecular weight excluding hydrogens is 456 g/mol. The first-order valence-corrected chi connectivity index (χ1v) is 13.3. The minimum atomic E-state index is -3.73. The third-order valence-electron chi connectivity index (χ3n) is 5.56. The summed E-state index contributed by atoms with van der Waals surface area (Å²) in [5.41, 5.74) is 1.79. The Hall–Kier alpha value is -2.75. The van der Waals surface area contributed by atoms with Crippen molar-refractivity contribution in [3.8, 4) is 0 Å².